The minimum atomic E-state index is -0.873. The number of nitrogens with zero attached hydrogens (tertiary/aromatic N) is 1. The fourth-order valence-electron chi connectivity index (χ4n) is 1.97. The third kappa shape index (κ3) is 4.81. The van der Waals surface area contributed by atoms with Gasteiger partial charge in [0.1, 0.15) is 17.1 Å². The van der Waals surface area contributed by atoms with Crippen LogP contribution in [0.1, 0.15) is 10.4 Å². The van der Waals surface area contributed by atoms with Crippen molar-refractivity contribution in [1.82, 2.24) is 0 Å². The second-order valence-electron chi connectivity index (χ2n) is 4.93. The first-order valence-corrected chi connectivity index (χ1v) is 8.17. The number of methoxy groups -OCH3 is 1. The van der Waals surface area contributed by atoms with Crippen LogP contribution in [-0.4, -0.2) is 35.6 Å². The highest BCUT2D eigenvalue weighted by Gasteiger charge is 2.17. The van der Waals surface area contributed by atoms with E-state index in [4.69, 9.17) is 9.47 Å². The molecule has 26 heavy (non-hydrogen) atoms. The number of nitro benzene ring substituents is 1. The number of hydrogen-bond donors (Lipinski definition) is 2. The number of esters is 1. The molecule has 0 aliphatic heterocycles. The maximum atomic E-state index is 12.0. The zero-order valence-corrected chi connectivity index (χ0v) is 15.6. The summed E-state index contributed by atoms with van der Waals surface area (Å²) in [6, 6.07) is 8.06. The van der Waals surface area contributed by atoms with Gasteiger partial charge in [-0.05, 0) is 46.9 Å². The number of amides is 1. The Hall–Kier alpha value is -2.89. The molecule has 0 heterocycles. The minimum Gasteiger partial charge on any atom is -0.507 e. The van der Waals surface area contributed by atoms with E-state index in [1.807, 2.05) is 22.6 Å². The molecule has 0 unspecified atom stereocenters. The van der Waals surface area contributed by atoms with Crippen molar-refractivity contribution in [3.8, 4) is 11.5 Å². The molecule has 0 saturated carbocycles. The van der Waals surface area contributed by atoms with E-state index in [0.29, 0.717) is 3.57 Å². The lowest BCUT2D eigenvalue weighted by molar-refractivity contribution is -0.384. The summed E-state index contributed by atoms with van der Waals surface area (Å²) in [4.78, 5) is 34.1. The van der Waals surface area contributed by atoms with Crippen molar-refractivity contribution >= 4 is 45.8 Å². The van der Waals surface area contributed by atoms with Crippen LogP contribution in [0, 0.1) is 13.7 Å². The van der Waals surface area contributed by atoms with Crippen LogP contribution < -0.4 is 10.1 Å². The second-order valence-corrected chi connectivity index (χ2v) is 6.17. The Bertz CT molecular complexity index is 870. The van der Waals surface area contributed by atoms with E-state index in [0.717, 1.165) is 6.07 Å². The van der Waals surface area contributed by atoms with Crippen LogP contribution in [0.2, 0.25) is 0 Å². The van der Waals surface area contributed by atoms with Crippen LogP contribution in [0.3, 0.4) is 0 Å². The Morgan fingerprint density at radius 3 is 2.65 bits per heavy atom. The molecular formula is C16H13IN2O7. The van der Waals surface area contributed by atoms with Crippen molar-refractivity contribution in [1.29, 1.82) is 0 Å². The first-order chi connectivity index (χ1) is 12.3. The number of carbonyl (C=O) groups excluding carboxylic acids is 2. The molecule has 0 spiro atoms. The molecule has 0 fully saturated rings. The largest absolute Gasteiger partial charge is 0.507 e. The number of non-ortho nitro benzene ring substituents is 1. The van der Waals surface area contributed by atoms with Gasteiger partial charge in [-0.1, -0.05) is 0 Å². The van der Waals surface area contributed by atoms with Gasteiger partial charge in [0.15, 0.2) is 6.61 Å². The number of hydrogen-bond acceptors (Lipinski definition) is 7. The predicted molar refractivity (Wildman–Crippen MR) is 99.4 cm³/mol. The maximum absolute atomic E-state index is 12.0. The number of rotatable bonds is 6. The topological polar surface area (TPSA) is 128 Å². The highest BCUT2D eigenvalue weighted by atomic mass is 127. The van der Waals surface area contributed by atoms with Gasteiger partial charge in [0, 0.05) is 15.7 Å². The van der Waals surface area contributed by atoms with E-state index in [2.05, 4.69) is 5.32 Å². The van der Waals surface area contributed by atoms with Gasteiger partial charge in [-0.3, -0.25) is 14.9 Å². The number of ether oxygens (including phenoxy) is 2. The van der Waals surface area contributed by atoms with Crippen molar-refractivity contribution in [2.75, 3.05) is 19.0 Å². The number of benzene rings is 2. The minimum absolute atomic E-state index is 0.0693. The van der Waals surface area contributed by atoms with Crippen molar-refractivity contribution < 1.29 is 29.1 Å². The van der Waals surface area contributed by atoms with Crippen molar-refractivity contribution in [3.05, 3.63) is 55.6 Å². The number of phenolic OH excluding ortho intramolecular Hbond substituents is 1. The lowest BCUT2D eigenvalue weighted by Crippen LogP contribution is -2.21. The molecule has 1 amide bonds. The number of anilines is 1. The summed E-state index contributed by atoms with van der Waals surface area (Å²) in [6.45, 7) is -0.643. The van der Waals surface area contributed by atoms with E-state index in [-0.39, 0.29) is 28.4 Å². The molecule has 2 aromatic carbocycles. The van der Waals surface area contributed by atoms with Gasteiger partial charge in [0.2, 0.25) is 0 Å². The van der Waals surface area contributed by atoms with Gasteiger partial charge in [-0.25, -0.2) is 4.79 Å². The average Bonchev–Trinajstić information content (AvgIpc) is 2.61. The molecule has 0 radical (unpaired) electrons. The van der Waals surface area contributed by atoms with Crippen LogP contribution in [0.25, 0.3) is 0 Å². The molecule has 10 heteroatoms. The zero-order valence-electron chi connectivity index (χ0n) is 13.4. The van der Waals surface area contributed by atoms with Gasteiger partial charge in [-0.15, -0.1) is 0 Å². The monoisotopic (exact) mass is 472 g/mol. The molecule has 2 rings (SSSR count). The van der Waals surface area contributed by atoms with E-state index in [9.17, 15) is 24.8 Å². The molecule has 0 atom stereocenters. The Balaban J connectivity index is 2.05. The Labute approximate surface area is 161 Å². The molecule has 2 N–H and O–H groups in total. The van der Waals surface area contributed by atoms with Crippen LogP contribution in [0.4, 0.5) is 11.4 Å². The number of nitro groups is 1. The second kappa shape index (κ2) is 8.47. The lowest BCUT2D eigenvalue weighted by Gasteiger charge is -2.10. The number of phenols is 1. The summed E-state index contributed by atoms with van der Waals surface area (Å²) in [6.07, 6.45) is 0. The SMILES string of the molecule is COc1ccc([N+](=O)[O-])cc1NC(=O)COC(=O)c1cc(I)ccc1O. The number of halogens is 1. The van der Waals surface area contributed by atoms with E-state index in [1.165, 1.54) is 31.4 Å². The van der Waals surface area contributed by atoms with E-state index >= 15 is 0 Å². The highest BCUT2D eigenvalue weighted by molar-refractivity contribution is 14.1. The van der Waals surface area contributed by atoms with Gasteiger partial charge in [0.25, 0.3) is 11.6 Å². The molecule has 9 nitrogen and oxygen atoms in total. The molecule has 0 aromatic heterocycles. The standard InChI is InChI=1S/C16H13IN2O7/c1-25-14-5-3-10(19(23)24)7-12(14)18-15(21)8-26-16(22)11-6-9(17)2-4-13(11)20/h2-7,20H,8H2,1H3,(H,18,21). The third-order valence-corrected chi connectivity index (χ3v) is 3.85. The zero-order chi connectivity index (χ0) is 19.3. The van der Waals surface area contributed by atoms with Gasteiger partial charge >= 0.3 is 5.97 Å². The van der Waals surface area contributed by atoms with Crippen molar-refractivity contribution in [2.24, 2.45) is 0 Å². The van der Waals surface area contributed by atoms with Gasteiger partial charge in [-0.2, -0.15) is 0 Å². The molecule has 2 aromatic rings. The maximum Gasteiger partial charge on any atom is 0.342 e. The van der Waals surface area contributed by atoms with Crippen molar-refractivity contribution in [2.45, 2.75) is 0 Å². The quantitative estimate of drug-likeness (QED) is 0.286. The Morgan fingerprint density at radius 2 is 2.00 bits per heavy atom. The molecule has 0 aliphatic rings. The molecule has 136 valence electrons. The van der Waals surface area contributed by atoms with E-state index in [1.54, 1.807) is 6.07 Å². The Kier molecular flexibility index (Phi) is 6.33. The average molecular weight is 472 g/mol. The predicted octanol–water partition coefficient (Wildman–Crippen LogP) is 2.71. The Morgan fingerprint density at radius 1 is 1.27 bits per heavy atom. The normalized spacial score (nSPS) is 10.1. The fraction of sp³-hybridized carbons (Fsp3) is 0.125. The smallest absolute Gasteiger partial charge is 0.342 e. The first kappa shape index (κ1) is 19.4. The molecule has 0 saturated heterocycles. The summed E-state index contributed by atoms with van der Waals surface area (Å²) in [5.41, 5.74) is -0.237. The molecule has 0 aliphatic carbocycles. The fourth-order valence-corrected chi connectivity index (χ4v) is 2.47. The van der Waals surface area contributed by atoms with Crippen molar-refractivity contribution in [3.63, 3.8) is 0 Å². The third-order valence-electron chi connectivity index (χ3n) is 3.18. The first-order valence-electron chi connectivity index (χ1n) is 7.09. The summed E-state index contributed by atoms with van der Waals surface area (Å²) in [5, 5.41) is 22.9. The summed E-state index contributed by atoms with van der Waals surface area (Å²) < 4.78 is 10.6. The van der Waals surface area contributed by atoms with Crippen LogP contribution in [0.5, 0.6) is 11.5 Å². The van der Waals surface area contributed by atoms with Crippen LogP contribution in [-0.2, 0) is 9.53 Å². The van der Waals surface area contributed by atoms with E-state index < -0.39 is 23.4 Å². The van der Waals surface area contributed by atoms with Gasteiger partial charge in [0.05, 0.1) is 17.7 Å². The number of aromatic hydroxyl groups is 1. The summed E-state index contributed by atoms with van der Waals surface area (Å²) in [5.74, 6) is -1.65. The van der Waals surface area contributed by atoms with Crippen LogP contribution >= 0.6 is 22.6 Å². The summed E-state index contributed by atoms with van der Waals surface area (Å²) in [7, 11) is 1.34. The lowest BCUT2D eigenvalue weighted by atomic mass is 10.2. The molecular weight excluding hydrogens is 459 g/mol. The number of carbonyl (C=O) groups is 2. The van der Waals surface area contributed by atoms with Gasteiger partial charge < -0.3 is 19.9 Å². The number of nitrogens with one attached hydrogen (secondary N) is 1. The molecule has 0 bridgehead atoms. The van der Waals surface area contributed by atoms with Crippen LogP contribution in [0.15, 0.2) is 36.4 Å². The summed E-state index contributed by atoms with van der Waals surface area (Å²) >= 11 is 1.96. The highest BCUT2D eigenvalue weighted by Crippen LogP contribution is 2.28.